The van der Waals surface area contributed by atoms with Crippen LogP contribution in [0.4, 0.5) is 0 Å². The van der Waals surface area contributed by atoms with Gasteiger partial charge in [0.25, 0.3) is 0 Å². The molecular formula is C8H15Cl2N2O4PS. The highest BCUT2D eigenvalue weighted by Crippen LogP contribution is 2.44. The molecule has 0 saturated heterocycles. The van der Waals surface area contributed by atoms with E-state index in [4.69, 9.17) is 31.6 Å². The van der Waals surface area contributed by atoms with E-state index in [1.807, 2.05) is 0 Å². The van der Waals surface area contributed by atoms with Crippen LogP contribution in [0.5, 0.6) is 0 Å². The monoisotopic (exact) mass is 336 g/mol. The zero-order chi connectivity index (χ0) is 13.9. The van der Waals surface area contributed by atoms with Gasteiger partial charge in [-0.1, -0.05) is 23.2 Å². The van der Waals surface area contributed by atoms with Gasteiger partial charge in [0.1, 0.15) is 20.8 Å². The summed E-state index contributed by atoms with van der Waals surface area (Å²) in [5.74, 6) is 0. The Hall–Kier alpha value is 0.410. The minimum atomic E-state index is -3.75. The Morgan fingerprint density at radius 3 is 2.11 bits per heavy atom. The maximum absolute atomic E-state index is 10.2. The van der Waals surface area contributed by atoms with Gasteiger partial charge in [0.05, 0.1) is 13.2 Å². The van der Waals surface area contributed by atoms with Gasteiger partial charge in [0.2, 0.25) is 6.49 Å². The molecule has 0 aliphatic rings. The van der Waals surface area contributed by atoms with Gasteiger partial charge in [0, 0.05) is 7.05 Å². The maximum atomic E-state index is 10.2. The van der Waals surface area contributed by atoms with Crippen LogP contribution in [0.2, 0.25) is 10.2 Å². The van der Waals surface area contributed by atoms with Crippen molar-refractivity contribution in [3.63, 3.8) is 0 Å². The summed E-state index contributed by atoms with van der Waals surface area (Å²) in [4.78, 5) is 20.5. The van der Waals surface area contributed by atoms with E-state index in [9.17, 15) is 9.79 Å². The topological polar surface area (TPSA) is 76.7 Å². The Morgan fingerprint density at radius 1 is 1.28 bits per heavy atom. The molecule has 1 heterocycles. The fourth-order valence-corrected chi connectivity index (χ4v) is 5.80. The van der Waals surface area contributed by atoms with Crippen molar-refractivity contribution in [1.29, 1.82) is 0 Å². The lowest BCUT2D eigenvalue weighted by molar-refractivity contribution is 0.296. The molecule has 1 aromatic rings. The van der Waals surface area contributed by atoms with Crippen molar-refractivity contribution in [3.05, 3.63) is 10.2 Å². The van der Waals surface area contributed by atoms with Crippen molar-refractivity contribution in [2.75, 3.05) is 13.2 Å². The third-order valence-electron chi connectivity index (χ3n) is 1.83. The predicted molar refractivity (Wildman–Crippen MR) is 74.8 cm³/mol. The zero-order valence-electron chi connectivity index (χ0n) is 10.1. The van der Waals surface area contributed by atoms with E-state index >= 15 is 0 Å². The first-order valence-electron chi connectivity index (χ1n) is 5.10. The molecule has 1 rings (SSSR count). The van der Waals surface area contributed by atoms with E-state index in [1.54, 1.807) is 20.9 Å². The first kappa shape index (κ1) is 16.5. The summed E-state index contributed by atoms with van der Waals surface area (Å²) >= 11 is 11.8. The molecule has 1 aromatic heterocycles. The quantitative estimate of drug-likeness (QED) is 0.799. The van der Waals surface area contributed by atoms with E-state index in [1.165, 1.54) is 4.68 Å². The van der Waals surface area contributed by atoms with Gasteiger partial charge in [-0.3, -0.25) is 13.0 Å². The minimum Gasteiger partial charge on any atom is -0.342 e. The van der Waals surface area contributed by atoms with Gasteiger partial charge >= 0.3 is 0 Å². The first-order valence-corrected chi connectivity index (χ1v) is 9.23. The molecule has 0 aliphatic heterocycles. The highest BCUT2D eigenvalue weighted by molar-refractivity contribution is 8.26. The molecule has 0 fully saturated rings. The van der Waals surface area contributed by atoms with Crippen molar-refractivity contribution in [2.45, 2.75) is 13.8 Å². The normalized spacial score (nSPS) is 12.4. The summed E-state index contributed by atoms with van der Waals surface area (Å²) in [6.45, 7) is 0.273. The van der Waals surface area contributed by atoms with Crippen molar-refractivity contribution in [2.24, 2.45) is 7.05 Å². The Morgan fingerprint density at radius 2 is 1.78 bits per heavy atom. The molecule has 106 valence electrons. The predicted octanol–water partition coefficient (Wildman–Crippen LogP) is 1.62. The van der Waals surface area contributed by atoms with Gasteiger partial charge in [-0.15, -0.1) is 0 Å². The molecule has 0 spiro atoms. The number of nitrogens with zero attached hydrogens (tertiary/aromatic N) is 2. The van der Waals surface area contributed by atoms with Crippen LogP contribution in [0.25, 0.3) is 0 Å². The second kappa shape index (κ2) is 6.72. The Balaban J connectivity index is 3.40. The average molecular weight is 337 g/mol. The van der Waals surface area contributed by atoms with Crippen LogP contribution in [-0.2, 0) is 26.0 Å². The molecule has 18 heavy (non-hydrogen) atoms. The van der Waals surface area contributed by atoms with E-state index in [2.05, 4.69) is 5.10 Å². The summed E-state index contributed by atoms with van der Waals surface area (Å²) in [6, 6.07) is 0. The molecule has 0 saturated carbocycles. The van der Waals surface area contributed by atoms with Crippen molar-refractivity contribution in [1.82, 2.24) is 9.78 Å². The molecule has 0 radical (unpaired) electrons. The standard InChI is InChI=1S/C8H15Cl2N2O4PS/c1-4-15-18(16-5-2)17(13,14)8-6(9)7(10)12(3)11-8/h13-14H,4-5H2,1-3H3. The fourth-order valence-electron chi connectivity index (χ4n) is 1.10. The number of aryl methyl sites for hydroxylation is 1. The summed E-state index contributed by atoms with van der Waals surface area (Å²) in [5, 5.41) is 4.06. The maximum Gasteiger partial charge on any atom is 0.247 e. The van der Waals surface area contributed by atoms with E-state index in [0.717, 1.165) is 0 Å². The van der Waals surface area contributed by atoms with Crippen LogP contribution in [0.1, 0.15) is 13.8 Å². The Labute approximate surface area is 118 Å². The summed E-state index contributed by atoms with van der Waals surface area (Å²) < 4.78 is 11.7. The Kier molecular flexibility index (Phi) is 6.15. The lowest BCUT2D eigenvalue weighted by Crippen LogP contribution is -2.15. The fraction of sp³-hybridized carbons (Fsp3) is 0.625. The highest BCUT2D eigenvalue weighted by Gasteiger charge is 2.30. The molecule has 0 atom stereocenters. The molecule has 10 heteroatoms. The molecule has 0 unspecified atom stereocenters. The van der Waals surface area contributed by atoms with Crippen LogP contribution >= 0.6 is 29.7 Å². The van der Waals surface area contributed by atoms with E-state index in [-0.39, 0.29) is 28.8 Å². The Bertz CT molecular complexity index is 480. The van der Waals surface area contributed by atoms with Crippen LogP contribution in [0.3, 0.4) is 0 Å². The molecule has 0 bridgehead atoms. The lowest BCUT2D eigenvalue weighted by atomic mass is 10.7. The van der Waals surface area contributed by atoms with Gasteiger partial charge < -0.3 is 9.79 Å². The third kappa shape index (κ3) is 3.29. The van der Waals surface area contributed by atoms with Crippen LogP contribution in [0.15, 0.2) is 0 Å². The van der Waals surface area contributed by atoms with Gasteiger partial charge in [0.15, 0.2) is 5.44 Å². The average Bonchev–Trinajstić information content (AvgIpc) is 2.57. The lowest BCUT2D eigenvalue weighted by Gasteiger charge is -2.17. The SMILES string of the molecule is CCOS(OCC)=P(O)(O)c1nn(C)c(Cl)c1Cl. The van der Waals surface area contributed by atoms with Crippen molar-refractivity contribution >= 4 is 45.8 Å². The summed E-state index contributed by atoms with van der Waals surface area (Å²) in [6.07, 6.45) is 0. The van der Waals surface area contributed by atoms with Gasteiger partial charge in [-0.05, 0) is 13.8 Å². The first-order chi connectivity index (χ1) is 8.36. The summed E-state index contributed by atoms with van der Waals surface area (Å²) in [5.41, 5.74) is -0.0816. The molecule has 2 N–H and O–H groups in total. The van der Waals surface area contributed by atoms with Crippen LogP contribution in [0, 0.1) is 0 Å². The molecule has 0 aromatic carbocycles. The van der Waals surface area contributed by atoms with Crippen LogP contribution < -0.4 is 5.44 Å². The molecule has 0 aliphatic carbocycles. The largest absolute Gasteiger partial charge is 0.342 e. The van der Waals surface area contributed by atoms with E-state index in [0.29, 0.717) is 0 Å². The summed E-state index contributed by atoms with van der Waals surface area (Å²) in [7, 11) is 0.0650. The zero-order valence-corrected chi connectivity index (χ0v) is 13.4. The second-order valence-electron chi connectivity index (χ2n) is 3.13. The number of hydrogen-bond acceptors (Lipinski definition) is 3. The number of halogens is 2. The molecule has 6 nitrogen and oxygen atoms in total. The molecular weight excluding hydrogens is 322 g/mol. The van der Waals surface area contributed by atoms with Crippen molar-refractivity contribution in [3.8, 4) is 0 Å². The second-order valence-corrected chi connectivity index (χ2v) is 8.70. The smallest absolute Gasteiger partial charge is 0.247 e. The number of aromatic nitrogens is 2. The molecule has 0 amide bonds. The van der Waals surface area contributed by atoms with E-state index < -0.39 is 17.1 Å². The van der Waals surface area contributed by atoms with Crippen LogP contribution in [-0.4, -0.2) is 32.8 Å². The third-order valence-corrected chi connectivity index (χ3v) is 7.40. The van der Waals surface area contributed by atoms with Crippen molar-refractivity contribution < 1.29 is 18.2 Å². The minimum absolute atomic E-state index is 0.00871. The van der Waals surface area contributed by atoms with Gasteiger partial charge in [-0.25, -0.2) is 0 Å². The number of hydrogen-bond donors (Lipinski definition) is 2. The highest BCUT2D eigenvalue weighted by atomic mass is 35.5. The van der Waals surface area contributed by atoms with Gasteiger partial charge in [-0.2, -0.15) is 5.10 Å². The number of rotatable bonds is 5.